The Bertz CT molecular complexity index is 524. The zero-order valence-electron chi connectivity index (χ0n) is 11.4. The Labute approximate surface area is 118 Å². The molecule has 1 aromatic carbocycles. The van der Waals surface area contributed by atoms with Gasteiger partial charge in [0.1, 0.15) is 6.10 Å². The van der Waals surface area contributed by atoms with E-state index in [0.717, 1.165) is 24.3 Å². The predicted molar refractivity (Wildman–Crippen MR) is 76.0 cm³/mol. The number of ether oxygens (including phenoxy) is 3. The third-order valence-electron chi connectivity index (χ3n) is 3.36. The van der Waals surface area contributed by atoms with Gasteiger partial charge in [-0.05, 0) is 5.56 Å². The fourth-order valence-electron chi connectivity index (χ4n) is 2.26. The molecule has 1 aliphatic rings. The Morgan fingerprint density at radius 2 is 2.00 bits per heavy atom. The lowest BCUT2D eigenvalue weighted by molar-refractivity contribution is 0.0800. The first kappa shape index (κ1) is 13.1. The normalized spacial score (nSPS) is 17.7. The lowest BCUT2D eigenvalue weighted by atomic mass is 10.2. The van der Waals surface area contributed by atoms with E-state index in [1.807, 2.05) is 30.6 Å². The number of hydrogen-bond acceptors (Lipinski definition) is 3. The number of benzene rings is 1. The van der Waals surface area contributed by atoms with Crippen LogP contribution >= 0.6 is 0 Å². The molecule has 2 heterocycles. The molecule has 0 fully saturated rings. The van der Waals surface area contributed by atoms with Crippen LogP contribution in [0.2, 0.25) is 0 Å². The van der Waals surface area contributed by atoms with Gasteiger partial charge in [-0.2, -0.15) is 0 Å². The van der Waals surface area contributed by atoms with Gasteiger partial charge in [0.2, 0.25) is 0 Å². The maximum atomic E-state index is 5.91. The van der Waals surface area contributed by atoms with E-state index in [9.17, 15) is 0 Å². The van der Waals surface area contributed by atoms with Gasteiger partial charge in [-0.15, -0.1) is 0 Å². The molecule has 4 heteroatoms. The summed E-state index contributed by atoms with van der Waals surface area (Å²) in [6.45, 7) is 2.03. The van der Waals surface area contributed by atoms with Crippen molar-refractivity contribution in [3.05, 3.63) is 48.3 Å². The monoisotopic (exact) mass is 273 g/mol. The first-order valence-electron chi connectivity index (χ1n) is 7.00. The van der Waals surface area contributed by atoms with Crippen LogP contribution in [0.3, 0.4) is 0 Å². The number of hydrogen-bond donors (Lipinski definition) is 1. The highest BCUT2D eigenvalue weighted by atomic mass is 16.5. The Morgan fingerprint density at radius 3 is 2.90 bits per heavy atom. The van der Waals surface area contributed by atoms with Crippen molar-refractivity contribution in [2.45, 2.75) is 25.6 Å². The van der Waals surface area contributed by atoms with E-state index >= 15 is 0 Å². The van der Waals surface area contributed by atoms with Crippen LogP contribution < -0.4 is 9.47 Å². The topological polar surface area (TPSA) is 43.5 Å². The van der Waals surface area contributed by atoms with Gasteiger partial charge in [0.05, 0.1) is 19.8 Å². The first-order valence-corrected chi connectivity index (χ1v) is 7.00. The standard InChI is InChI=1S/C16H19NO3/c1-2-4-13(5-3-1)12-18-8-6-14-7-9-19-15-10-17-11-16(15)20-14/h1-5,10-11,14,17H,6-9,12H2. The quantitative estimate of drug-likeness (QED) is 0.851. The molecule has 106 valence electrons. The third-order valence-corrected chi connectivity index (χ3v) is 3.36. The van der Waals surface area contributed by atoms with Crippen molar-refractivity contribution in [1.29, 1.82) is 0 Å². The molecule has 4 nitrogen and oxygen atoms in total. The van der Waals surface area contributed by atoms with Gasteiger partial charge >= 0.3 is 0 Å². The van der Waals surface area contributed by atoms with Gasteiger partial charge in [0.25, 0.3) is 0 Å². The van der Waals surface area contributed by atoms with Crippen molar-refractivity contribution in [3.8, 4) is 11.5 Å². The molecule has 0 saturated heterocycles. The minimum Gasteiger partial charge on any atom is -0.488 e. The molecule has 0 saturated carbocycles. The van der Waals surface area contributed by atoms with E-state index in [1.165, 1.54) is 5.56 Å². The van der Waals surface area contributed by atoms with Crippen LogP contribution in [0.1, 0.15) is 18.4 Å². The van der Waals surface area contributed by atoms with Crippen LogP contribution in [0.25, 0.3) is 0 Å². The van der Waals surface area contributed by atoms with Crippen molar-refractivity contribution < 1.29 is 14.2 Å². The SMILES string of the molecule is c1ccc(COCCC2CCOc3c[nH]cc3O2)cc1. The molecule has 0 radical (unpaired) electrons. The van der Waals surface area contributed by atoms with Gasteiger partial charge < -0.3 is 19.2 Å². The Morgan fingerprint density at radius 1 is 1.15 bits per heavy atom. The lowest BCUT2D eigenvalue weighted by Gasteiger charge is -2.15. The summed E-state index contributed by atoms with van der Waals surface area (Å²) in [5.74, 6) is 1.60. The van der Waals surface area contributed by atoms with Crippen molar-refractivity contribution in [2.75, 3.05) is 13.2 Å². The third kappa shape index (κ3) is 3.33. The number of aromatic nitrogens is 1. The Hall–Kier alpha value is -1.94. The van der Waals surface area contributed by atoms with Gasteiger partial charge in [-0.3, -0.25) is 0 Å². The molecule has 1 aliphatic heterocycles. The van der Waals surface area contributed by atoms with Crippen LogP contribution in [-0.4, -0.2) is 24.3 Å². The van der Waals surface area contributed by atoms with E-state index < -0.39 is 0 Å². The predicted octanol–water partition coefficient (Wildman–Crippen LogP) is 3.15. The van der Waals surface area contributed by atoms with Gasteiger partial charge in [-0.1, -0.05) is 30.3 Å². The molecule has 20 heavy (non-hydrogen) atoms. The average Bonchev–Trinajstić information content (AvgIpc) is 2.83. The summed E-state index contributed by atoms with van der Waals surface area (Å²) in [5, 5.41) is 0. The van der Waals surface area contributed by atoms with Crippen LogP contribution in [0.5, 0.6) is 11.5 Å². The Kier molecular flexibility index (Phi) is 4.23. The second-order valence-electron chi connectivity index (χ2n) is 4.89. The van der Waals surface area contributed by atoms with Crippen LogP contribution in [0.4, 0.5) is 0 Å². The van der Waals surface area contributed by atoms with E-state index in [4.69, 9.17) is 14.2 Å². The molecule has 0 spiro atoms. The highest BCUT2D eigenvalue weighted by Gasteiger charge is 2.18. The molecule has 1 aromatic heterocycles. The number of nitrogens with one attached hydrogen (secondary N) is 1. The van der Waals surface area contributed by atoms with Gasteiger partial charge in [-0.25, -0.2) is 0 Å². The van der Waals surface area contributed by atoms with E-state index in [0.29, 0.717) is 19.8 Å². The summed E-state index contributed by atoms with van der Waals surface area (Å²) in [5.41, 5.74) is 1.20. The molecule has 1 atom stereocenters. The second kappa shape index (κ2) is 6.48. The van der Waals surface area contributed by atoms with E-state index in [1.54, 1.807) is 0 Å². The highest BCUT2D eigenvalue weighted by Crippen LogP contribution is 2.30. The van der Waals surface area contributed by atoms with Crippen molar-refractivity contribution in [2.24, 2.45) is 0 Å². The average molecular weight is 273 g/mol. The van der Waals surface area contributed by atoms with Crippen molar-refractivity contribution in [1.82, 2.24) is 4.98 Å². The fraction of sp³-hybridized carbons (Fsp3) is 0.375. The summed E-state index contributed by atoms with van der Waals surface area (Å²) in [6.07, 6.45) is 5.58. The lowest BCUT2D eigenvalue weighted by Crippen LogP contribution is -2.19. The zero-order valence-corrected chi connectivity index (χ0v) is 11.4. The van der Waals surface area contributed by atoms with Gasteiger partial charge in [0, 0.05) is 25.2 Å². The molecule has 1 N–H and O–H groups in total. The van der Waals surface area contributed by atoms with E-state index in [2.05, 4.69) is 17.1 Å². The molecular weight excluding hydrogens is 254 g/mol. The summed E-state index contributed by atoms with van der Waals surface area (Å²) < 4.78 is 17.2. The number of rotatable bonds is 5. The zero-order chi connectivity index (χ0) is 13.6. The van der Waals surface area contributed by atoms with Gasteiger partial charge in [0.15, 0.2) is 11.5 Å². The number of fused-ring (bicyclic) bond motifs is 1. The van der Waals surface area contributed by atoms with Crippen molar-refractivity contribution in [3.63, 3.8) is 0 Å². The smallest absolute Gasteiger partial charge is 0.179 e. The maximum Gasteiger partial charge on any atom is 0.179 e. The van der Waals surface area contributed by atoms with Crippen LogP contribution in [-0.2, 0) is 11.3 Å². The molecular formula is C16H19NO3. The molecule has 0 amide bonds. The van der Waals surface area contributed by atoms with E-state index in [-0.39, 0.29) is 6.10 Å². The molecule has 0 aliphatic carbocycles. The minimum atomic E-state index is 0.155. The highest BCUT2D eigenvalue weighted by molar-refractivity contribution is 5.37. The second-order valence-corrected chi connectivity index (χ2v) is 4.89. The van der Waals surface area contributed by atoms with Crippen LogP contribution in [0.15, 0.2) is 42.7 Å². The first-order chi connectivity index (χ1) is 9.92. The molecule has 0 bridgehead atoms. The largest absolute Gasteiger partial charge is 0.488 e. The summed E-state index contributed by atoms with van der Waals surface area (Å²) in [4.78, 5) is 3.00. The molecule has 1 unspecified atom stereocenters. The van der Waals surface area contributed by atoms with Crippen LogP contribution in [0, 0.1) is 0 Å². The minimum absolute atomic E-state index is 0.155. The maximum absolute atomic E-state index is 5.91. The molecule has 2 aromatic rings. The Balaban J connectivity index is 1.43. The number of H-pyrrole nitrogens is 1. The summed E-state index contributed by atoms with van der Waals surface area (Å²) >= 11 is 0. The number of aromatic amines is 1. The molecule has 3 rings (SSSR count). The summed E-state index contributed by atoms with van der Waals surface area (Å²) in [6, 6.07) is 10.2. The summed E-state index contributed by atoms with van der Waals surface area (Å²) in [7, 11) is 0. The fourth-order valence-corrected chi connectivity index (χ4v) is 2.26. The van der Waals surface area contributed by atoms with Crippen molar-refractivity contribution >= 4 is 0 Å².